The first-order valence-electron chi connectivity index (χ1n) is 8.50. The van der Waals surface area contributed by atoms with Gasteiger partial charge in [0, 0.05) is 49.4 Å². The molecular weight excluding hydrogens is 332 g/mol. The van der Waals surface area contributed by atoms with Crippen molar-refractivity contribution >= 4 is 34.0 Å². The average Bonchev–Trinajstić information content (AvgIpc) is 3.30. The molecule has 6 heteroatoms. The number of hydrogen-bond donors (Lipinski definition) is 0. The van der Waals surface area contributed by atoms with Gasteiger partial charge in [0.25, 0.3) is 0 Å². The molecule has 25 heavy (non-hydrogen) atoms. The first kappa shape index (κ1) is 16.0. The standard InChI is InChI=1S/C19H20N4OS/c1-22(10-11-23-9-4-7-17(23)24)19-15-5-2-3-6-16(15)20-18(21-19)14-8-12-25-13-14/h2-3,5-6,8,12-13H,4,7,9-11H2,1H3. The molecule has 5 nitrogen and oxygen atoms in total. The Hall–Kier alpha value is -2.47. The molecule has 1 aliphatic rings. The van der Waals surface area contributed by atoms with E-state index in [-0.39, 0.29) is 5.91 Å². The number of anilines is 1. The quantitative estimate of drug-likeness (QED) is 0.706. The number of aromatic nitrogens is 2. The van der Waals surface area contributed by atoms with E-state index in [0.717, 1.165) is 54.2 Å². The maximum atomic E-state index is 11.8. The molecule has 0 bridgehead atoms. The summed E-state index contributed by atoms with van der Waals surface area (Å²) in [6.07, 6.45) is 1.66. The van der Waals surface area contributed by atoms with E-state index in [4.69, 9.17) is 9.97 Å². The summed E-state index contributed by atoms with van der Waals surface area (Å²) in [6, 6.07) is 10.1. The summed E-state index contributed by atoms with van der Waals surface area (Å²) >= 11 is 1.64. The van der Waals surface area contributed by atoms with Crippen molar-refractivity contribution in [3.63, 3.8) is 0 Å². The van der Waals surface area contributed by atoms with E-state index in [2.05, 4.69) is 16.3 Å². The van der Waals surface area contributed by atoms with Gasteiger partial charge in [-0.3, -0.25) is 4.79 Å². The fourth-order valence-electron chi connectivity index (χ4n) is 3.19. The van der Waals surface area contributed by atoms with Gasteiger partial charge in [0.05, 0.1) is 5.52 Å². The van der Waals surface area contributed by atoms with Crippen molar-refractivity contribution in [1.82, 2.24) is 14.9 Å². The SMILES string of the molecule is CN(CCN1CCCC1=O)c1nc(-c2ccsc2)nc2ccccc12. The molecule has 1 amide bonds. The summed E-state index contributed by atoms with van der Waals surface area (Å²) in [5.74, 6) is 1.93. The first-order valence-corrected chi connectivity index (χ1v) is 9.45. The largest absolute Gasteiger partial charge is 0.357 e. The average molecular weight is 352 g/mol. The minimum Gasteiger partial charge on any atom is -0.357 e. The van der Waals surface area contributed by atoms with Crippen LogP contribution in [0.4, 0.5) is 5.82 Å². The van der Waals surface area contributed by atoms with E-state index in [9.17, 15) is 4.79 Å². The van der Waals surface area contributed by atoms with Gasteiger partial charge in [0.1, 0.15) is 5.82 Å². The van der Waals surface area contributed by atoms with E-state index in [0.29, 0.717) is 6.42 Å². The molecule has 4 rings (SSSR count). The number of carbonyl (C=O) groups is 1. The van der Waals surface area contributed by atoms with Crippen molar-refractivity contribution < 1.29 is 4.79 Å². The van der Waals surface area contributed by atoms with Crippen LogP contribution in [0.15, 0.2) is 41.1 Å². The number of carbonyl (C=O) groups excluding carboxylic acids is 1. The van der Waals surface area contributed by atoms with E-state index in [1.807, 2.05) is 41.6 Å². The number of rotatable bonds is 5. The fourth-order valence-corrected chi connectivity index (χ4v) is 3.82. The maximum absolute atomic E-state index is 11.8. The van der Waals surface area contributed by atoms with Crippen LogP contribution in [-0.4, -0.2) is 47.5 Å². The van der Waals surface area contributed by atoms with Gasteiger partial charge in [-0.15, -0.1) is 0 Å². The lowest BCUT2D eigenvalue weighted by atomic mass is 10.2. The number of nitrogens with zero attached hydrogens (tertiary/aromatic N) is 4. The van der Waals surface area contributed by atoms with Crippen LogP contribution in [0.25, 0.3) is 22.3 Å². The first-order chi connectivity index (χ1) is 12.2. The molecule has 2 aromatic heterocycles. The second kappa shape index (κ2) is 6.80. The number of amides is 1. The van der Waals surface area contributed by atoms with Gasteiger partial charge in [-0.2, -0.15) is 11.3 Å². The van der Waals surface area contributed by atoms with Crippen LogP contribution in [0.1, 0.15) is 12.8 Å². The molecule has 0 aliphatic carbocycles. The van der Waals surface area contributed by atoms with Crippen molar-refractivity contribution in [3.8, 4) is 11.4 Å². The van der Waals surface area contributed by atoms with Gasteiger partial charge in [-0.1, -0.05) is 12.1 Å². The summed E-state index contributed by atoms with van der Waals surface area (Å²) in [5.41, 5.74) is 1.98. The predicted octanol–water partition coefficient (Wildman–Crippen LogP) is 3.42. The van der Waals surface area contributed by atoms with E-state index < -0.39 is 0 Å². The third kappa shape index (κ3) is 3.22. The number of benzene rings is 1. The molecule has 0 atom stereocenters. The van der Waals surface area contributed by atoms with E-state index >= 15 is 0 Å². The van der Waals surface area contributed by atoms with Crippen molar-refractivity contribution in [2.75, 3.05) is 31.6 Å². The zero-order chi connectivity index (χ0) is 17.2. The molecular formula is C19H20N4OS. The number of fused-ring (bicyclic) bond motifs is 1. The Morgan fingerprint density at radius 3 is 2.88 bits per heavy atom. The van der Waals surface area contributed by atoms with Crippen molar-refractivity contribution in [2.45, 2.75) is 12.8 Å². The third-order valence-corrected chi connectivity index (χ3v) is 5.28. The van der Waals surface area contributed by atoms with Crippen LogP contribution in [0.5, 0.6) is 0 Å². The summed E-state index contributed by atoms with van der Waals surface area (Å²) in [5, 5.41) is 5.14. The van der Waals surface area contributed by atoms with Crippen molar-refractivity contribution in [1.29, 1.82) is 0 Å². The van der Waals surface area contributed by atoms with Crippen LogP contribution in [0, 0.1) is 0 Å². The molecule has 0 unspecified atom stereocenters. The van der Waals surface area contributed by atoms with E-state index in [1.54, 1.807) is 11.3 Å². The lowest BCUT2D eigenvalue weighted by Gasteiger charge is -2.24. The number of likely N-dealkylation sites (N-methyl/N-ethyl adjacent to an activating group) is 1. The highest BCUT2D eigenvalue weighted by molar-refractivity contribution is 7.08. The van der Waals surface area contributed by atoms with Crippen molar-refractivity contribution in [3.05, 3.63) is 41.1 Å². The molecule has 3 aromatic rings. The lowest BCUT2D eigenvalue weighted by molar-refractivity contribution is -0.127. The van der Waals surface area contributed by atoms with Gasteiger partial charge in [0.15, 0.2) is 5.82 Å². The third-order valence-electron chi connectivity index (χ3n) is 4.60. The minimum atomic E-state index is 0.264. The van der Waals surface area contributed by atoms with Crippen LogP contribution in [-0.2, 0) is 4.79 Å². The lowest BCUT2D eigenvalue weighted by Crippen LogP contribution is -2.34. The zero-order valence-corrected chi connectivity index (χ0v) is 15.0. The molecule has 0 radical (unpaired) electrons. The summed E-state index contributed by atoms with van der Waals surface area (Å²) in [6.45, 7) is 2.37. The maximum Gasteiger partial charge on any atom is 0.222 e. The molecule has 0 spiro atoms. The Morgan fingerprint density at radius 1 is 1.24 bits per heavy atom. The highest BCUT2D eigenvalue weighted by Crippen LogP contribution is 2.27. The minimum absolute atomic E-state index is 0.264. The van der Waals surface area contributed by atoms with Gasteiger partial charge in [-0.05, 0) is 30.0 Å². The Labute approximate surface area is 150 Å². The second-order valence-corrected chi connectivity index (χ2v) is 7.09. The molecule has 1 aromatic carbocycles. The molecule has 1 fully saturated rings. The number of thiophene rings is 1. The molecule has 0 N–H and O–H groups in total. The molecule has 0 saturated carbocycles. The zero-order valence-electron chi connectivity index (χ0n) is 14.2. The summed E-state index contributed by atoms with van der Waals surface area (Å²) in [7, 11) is 2.03. The van der Waals surface area contributed by atoms with Crippen molar-refractivity contribution in [2.24, 2.45) is 0 Å². The Bertz CT molecular complexity index is 894. The monoisotopic (exact) mass is 352 g/mol. The van der Waals surface area contributed by atoms with Crippen LogP contribution in [0.2, 0.25) is 0 Å². The molecule has 1 saturated heterocycles. The molecule has 128 valence electrons. The van der Waals surface area contributed by atoms with Gasteiger partial charge < -0.3 is 9.80 Å². The Balaban J connectivity index is 1.66. The highest BCUT2D eigenvalue weighted by atomic mass is 32.1. The number of likely N-dealkylation sites (tertiary alicyclic amines) is 1. The number of hydrogen-bond acceptors (Lipinski definition) is 5. The van der Waals surface area contributed by atoms with Crippen LogP contribution < -0.4 is 4.90 Å². The van der Waals surface area contributed by atoms with Gasteiger partial charge in [-0.25, -0.2) is 9.97 Å². The number of para-hydroxylation sites is 1. The summed E-state index contributed by atoms with van der Waals surface area (Å²) in [4.78, 5) is 25.4. The summed E-state index contributed by atoms with van der Waals surface area (Å²) < 4.78 is 0. The second-order valence-electron chi connectivity index (χ2n) is 6.31. The fraction of sp³-hybridized carbons (Fsp3) is 0.316. The Morgan fingerprint density at radius 2 is 2.12 bits per heavy atom. The van der Waals surface area contributed by atoms with Crippen LogP contribution in [0.3, 0.4) is 0 Å². The Kier molecular flexibility index (Phi) is 4.36. The molecule has 3 heterocycles. The van der Waals surface area contributed by atoms with Gasteiger partial charge in [0.2, 0.25) is 5.91 Å². The van der Waals surface area contributed by atoms with Crippen LogP contribution >= 0.6 is 11.3 Å². The molecule has 1 aliphatic heterocycles. The highest BCUT2D eigenvalue weighted by Gasteiger charge is 2.21. The normalized spacial score (nSPS) is 14.4. The van der Waals surface area contributed by atoms with E-state index in [1.165, 1.54) is 0 Å². The predicted molar refractivity (Wildman–Crippen MR) is 102 cm³/mol. The smallest absolute Gasteiger partial charge is 0.222 e. The topological polar surface area (TPSA) is 49.3 Å². The van der Waals surface area contributed by atoms with Gasteiger partial charge >= 0.3 is 0 Å².